The fourth-order valence-corrected chi connectivity index (χ4v) is 12.2. The lowest BCUT2D eigenvalue weighted by molar-refractivity contribution is -0.263. The second-order valence-electron chi connectivity index (χ2n) is 17.4. The number of carbonyl (C=O) groups excluding carboxylic acids is 2. The Kier molecular flexibility index (Phi) is 8.33. The van der Waals surface area contributed by atoms with E-state index < -0.39 is 64.4 Å². The van der Waals surface area contributed by atoms with Gasteiger partial charge in [-0.25, -0.2) is 0 Å². The van der Waals surface area contributed by atoms with Crippen LogP contribution in [0.5, 0.6) is 0 Å². The van der Waals surface area contributed by atoms with Crippen molar-refractivity contribution < 1.29 is 38.8 Å². The van der Waals surface area contributed by atoms with Crippen LogP contribution >= 0.6 is 0 Å². The Labute approximate surface area is 274 Å². The summed E-state index contributed by atoms with van der Waals surface area (Å²) < 4.78 is 18.8. The Morgan fingerprint density at radius 3 is 2.35 bits per heavy atom. The number of aliphatic hydroxyl groups is 1. The molecule has 5 fully saturated rings. The fraction of sp³-hybridized carbons (Fsp3) is 0.865. The summed E-state index contributed by atoms with van der Waals surface area (Å²) in [5.74, 6) is -0.974. The first kappa shape index (κ1) is 33.9. The van der Waals surface area contributed by atoms with Crippen LogP contribution in [-0.4, -0.2) is 72.2 Å². The van der Waals surface area contributed by atoms with Gasteiger partial charge in [0, 0.05) is 30.7 Å². The summed E-state index contributed by atoms with van der Waals surface area (Å²) in [6.45, 7) is 18.3. The Morgan fingerprint density at radius 1 is 1.02 bits per heavy atom. The first-order chi connectivity index (χ1) is 21.4. The molecule has 4 aliphatic carbocycles. The van der Waals surface area contributed by atoms with Gasteiger partial charge in [-0.05, 0) is 78.4 Å². The molecule has 0 aromatic carbocycles. The highest BCUT2D eigenvalue weighted by molar-refractivity contribution is 5.77. The average Bonchev–Trinajstić information content (AvgIpc) is 3.41. The summed E-state index contributed by atoms with van der Waals surface area (Å²) in [6, 6.07) is -0.597. The summed E-state index contributed by atoms with van der Waals surface area (Å²) in [7, 11) is 0. The average molecular weight is 644 g/mol. The molecule has 0 aromatic rings. The van der Waals surface area contributed by atoms with E-state index in [1.165, 1.54) is 12.5 Å². The predicted octanol–water partition coefficient (Wildman–Crippen LogP) is 5.14. The lowest BCUT2D eigenvalue weighted by Gasteiger charge is -2.71. The molecule has 9 nitrogen and oxygen atoms in total. The van der Waals surface area contributed by atoms with Crippen molar-refractivity contribution in [3.05, 3.63) is 11.6 Å². The molecule has 2 saturated heterocycles. The first-order valence-electron chi connectivity index (χ1n) is 17.7. The third-order valence-corrected chi connectivity index (χ3v) is 15.0. The molecule has 0 aromatic heterocycles. The molecule has 1 unspecified atom stereocenters. The number of aliphatic hydroxyl groups excluding tert-OH is 1. The molecule has 3 N–H and O–H groups in total. The van der Waals surface area contributed by atoms with Crippen LogP contribution in [0.15, 0.2) is 11.6 Å². The summed E-state index contributed by atoms with van der Waals surface area (Å²) in [5.41, 5.74) is -0.588. The van der Waals surface area contributed by atoms with E-state index in [1.54, 1.807) is 0 Å². The van der Waals surface area contributed by atoms with Crippen LogP contribution in [0.4, 0.5) is 0 Å². The molecule has 0 spiro atoms. The van der Waals surface area contributed by atoms with Gasteiger partial charge in [0.1, 0.15) is 18.2 Å². The number of hydrogen-bond donors (Lipinski definition) is 3. The van der Waals surface area contributed by atoms with Crippen molar-refractivity contribution in [2.45, 2.75) is 125 Å². The molecule has 6 aliphatic rings. The number of ether oxygens (including phenoxy) is 3. The van der Waals surface area contributed by atoms with Gasteiger partial charge in [-0.3, -0.25) is 14.4 Å². The van der Waals surface area contributed by atoms with Crippen LogP contribution in [0.3, 0.4) is 0 Å². The highest BCUT2D eigenvalue weighted by Gasteiger charge is 2.72. The van der Waals surface area contributed by atoms with E-state index >= 15 is 0 Å². The van der Waals surface area contributed by atoms with Crippen molar-refractivity contribution in [2.75, 3.05) is 19.8 Å². The number of carbonyl (C=O) groups is 3. The van der Waals surface area contributed by atoms with Gasteiger partial charge in [0.05, 0.1) is 25.2 Å². The maximum Gasteiger partial charge on any atom is 0.323 e. The fourth-order valence-electron chi connectivity index (χ4n) is 12.2. The molecule has 6 rings (SSSR count). The molecule has 0 amide bonds. The van der Waals surface area contributed by atoms with Gasteiger partial charge in [-0.15, -0.1) is 0 Å². The number of aliphatic carboxylic acids is 1. The van der Waals surface area contributed by atoms with E-state index in [2.05, 4.69) is 59.9 Å². The van der Waals surface area contributed by atoms with Crippen molar-refractivity contribution in [3.8, 4) is 0 Å². The second-order valence-corrected chi connectivity index (χ2v) is 17.4. The normalized spacial score (nSPS) is 48.7. The molecule has 2 heterocycles. The van der Waals surface area contributed by atoms with Gasteiger partial charge in [0.15, 0.2) is 0 Å². The van der Waals surface area contributed by atoms with E-state index in [4.69, 9.17) is 14.2 Å². The topological polar surface area (TPSA) is 131 Å². The molecular formula is C37H57NO8. The Bertz CT molecular complexity index is 1300. The number of nitrogens with one attached hydrogen (secondary N) is 1. The number of fused-ring (bicyclic) bond motifs is 3. The first-order valence-corrected chi connectivity index (χ1v) is 17.7. The zero-order chi connectivity index (χ0) is 33.6. The minimum absolute atomic E-state index is 0.154. The standard InChI is InChI=1S/C37H57NO8/c1-20(2)21(3)33(5)13-14-35(7)24-9-10-28-34(6)18-44-19-37(28,25(24)11-12-36(35,8)29(33)31(41)42)16-27(45-22(4)39)30(34)46-32(43)26-15-23(40)17-38-26/h11,20-21,23-24,26-30,38,40H,9-10,12-19H2,1-8H3,(H,41,42)/t21-,23-,24+,26?,27-,28+,29-,30+,33-,34-,35-,36+,37-/m1/s1. The number of rotatable bonds is 6. The van der Waals surface area contributed by atoms with Crippen molar-refractivity contribution >= 4 is 17.9 Å². The third-order valence-electron chi connectivity index (χ3n) is 15.0. The van der Waals surface area contributed by atoms with Crippen molar-refractivity contribution in [3.63, 3.8) is 0 Å². The van der Waals surface area contributed by atoms with E-state index in [-0.39, 0.29) is 28.6 Å². The predicted molar refractivity (Wildman–Crippen MR) is 171 cm³/mol. The van der Waals surface area contributed by atoms with Crippen LogP contribution in [0.2, 0.25) is 0 Å². The van der Waals surface area contributed by atoms with Crippen molar-refractivity contribution in [2.24, 2.45) is 56.7 Å². The molecule has 0 radical (unpaired) electrons. The summed E-state index contributed by atoms with van der Waals surface area (Å²) in [6.07, 6.45) is 5.65. The number of hydrogen-bond acceptors (Lipinski definition) is 8. The van der Waals surface area contributed by atoms with E-state index in [9.17, 15) is 24.6 Å². The van der Waals surface area contributed by atoms with Gasteiger partial charge in [-0.1, -0.05) is 60.1 Å². The monoisotopic (exact) mass is 643 g/mol. The van der Waals surface area contributed by atoms with Crippen molar-refractivity contribution in [1.82, 2.24) is 5.32 Å². The maximum absolute atomic E-state index is 13.4. The highest BCUT2D eigenvalue weighted by atomic mass is 16.6. The van der Waals surface area contributed by atoms with Gasteiger partial charge >= 0.3 is 17.9 Å². The number of carboxylic acid groups (broad SMARTS) is 1. The zero-order valence-corrected chi connectivity index (χ0v) is 29.2. The number of carboxylic acids is 1. The molecule has 13 atom stereocenters. The Morgan fingerprint density at radius 2 is 1.74 bits per heavy atom. The zero-order valence-electron chi connectivity index (χ0n) is 29.2. The van der Waals surface area contributed by atoms with E-state index in [1.807, 2.05) is 0 Å². The number of allylic oxidation sites excluding steroid dienone is 1. The highest BCUT2D eigenvalue weighted by Crippen LogP contribution is 2.75. The summed E-state index contributed by atoms with van der Waals surface area (Å²) in [4.78, 5) is 39.3. The maximum atomic E-state index is 13.4. The lowest BCUT2D eigenvalue weighted by atomic mass is 9.34. The van der Waals surface area contributed by atoms with Crippen LogP contribution in [0.25, 0.3) is 0 Å². The number of β-amino-alcohol motifs (C(OH)–C–C–N with tert-alkyl or cyclic N) is 1. The van der Waals surface area contributed by atoms with Crippen LogP contribution in [0.1, 0.15) is 100 Å². The molecular weight excluding hydrogens is 586 g/mol. The molecule has 46 heavy (non-hydrogen) atoms. The Balaban J connectivity index is 1.40. The molecule has 3 saturated carbocycles. The van der Waals surface area contributed by atoms with Gasteiger partial charge in [0.25, 0.3) is 0 Å². The Hall–Kier alpha value is -1.97. The quantitative estimate of drug-likeness (QED) is 0.266. The summed E-state index contributed by atoms with van der Waals surface area (Å²) in [5, 5.41) is 24.0. The van der Waals surface area contributed by atoms with Gasteiger partial charge < -0.3 is 29.7 Å². The smallest absolute Gasteiger partial charge is 0.323 e. The van der Waals surface area contributed by atoms with Crippen LogP contribution in [-0.2, 0) is 28.6 Å². The number of esters is 2. The van der Waals surface area contributed by atoms with Gasteiger partial charge in [0.2, 0.25) is 0 Å². The molecule has 2 bridgehead atoms. The SMILES string of the molecule is CC(=O)O[C@@H]1C[C@]23COC[C@](C)([C@@H]2CC[C@H]2C3=CC[C@@]3(C)[C@H](C(=O)O)[C@@](C)([C@H](C)C(C)C)CC[C@]23C)[C@H]1OC(=O)C1C[C@@H](O)CN1. The van der Waals surface area contributed by atoms with E-state index in [0.29, 0.717) is 44.9 Å². The minimum Gasteiger partial charge on any atom is -0.481 e. The third kappa shape index (κ3) is 4.67. The largest absolute Gasteiger partial charge is 0.481 e. The lowest BCUT2D eigenvalue weighted by Crippen LogP contribution is -2.70. The molecule has 2 aliphatic heterocycles. The molecule has 258 valence electrons. The second kappa shape index (κ2) is 11.3. The minimum atomic E-state index is -0.679. The molecule has 9 heteroatoms. The summed E-state index contributed by atoms with van der Waals surface area (Å²) >= 11 is 0. The van der Waals surface area contributed by atoms with Crippen LogP contribution < -0.4 is 5.32 Å². The van der Waals surface area contributed by atoms with Crippen LogP contribution in [0, 0.1) is 56.7 Å². The van der Waals surface area contributed by atoms with Gasteiger partial charge in [-0.2, -0.15) is 0 Å². The van der Waals surface area contributed by atoms with E-state index in [0.717, 1.165) is 25.7 Å². The van der Waals surface area contributed by atoms with Crippen molar-refractivity contribution in [1.29, 1.82) is 0 Å².